The molecule has 2 aromatic carbocycles. The van der Waals surface area contributed by atoms with Crippen LogP contribution in [0.2, 0.25) is 0 Å². The molecule has 3 heterocycles. The molecular weight excluding hydrogens is 602 g/mol. The third-order valence-electron chi connectivity index (χ3n) is 6.28. The first kappa shape index (κ1) is 30.0. The molecule has 3 N–H and O–H groups in total. The van der Waals surface area contributed by atoms with E-state index in [9.17, 15) is 30.4 Å². The van der Waals surface area contributed by atoms with E-state index < -0.39 is 68.0 Å². The summed E-state index contributed by atoms with van der Waals surface area (Å²) in [4.78, 5) is 12.5. The van der Waals surface area contributed by atoms with Crippen LogP contribution in [0.5, 0.6) is 11.6 Å². The molecule has 9 nitrogen and oxygen atoms in total. The molecular formula is C27H22F6N6O3S. The van der Waals surface area contributed by atoms with Gasteiger partial charge in [0.05, 0.1) is 17.0 Å². The lowest BCUT2D eigenvalue weighted by molar-refractivity contribution is 0.254. The second kappa shape index (κ2) is 12.4. The molecule has 0 aliphatic carbocycles. The van der Waals surface area contributed by atoms with E-state index in [0.29, 0.717) is 24.7 Å². The summed E-state index contributed by atoms with van der Waals surface area (Å²) in [5, 5.41) is 5.97. The van der Waals surface area contributed by atoms with Crippen molar-refractivity contribution in [3.05, 3.63) is 89.5 Å². The molecule has 2 aromatic heterocycles. The van der Waals surface area contributed by atoms with E-state index in [-0.39, 0.29) is 42.1 Å². The van der Waals surface area contributed by atoms with Gasteiger partial charge in [0.15, 0.2) is 17.4 Å². The van der Waals surface area contributed by atoms with E-state index in [2.05, 4.69) is 25.6 Å². The van der Waals surface area contributed by atoms with Crippen LogP contribution in [-0.2, 0) is 15.8 Å². The molecule has 5 rings (SSSR count). The van der Waals surface area contributed by atoms with Crippen molar-refractivity contribution in [1.29, 1.82) is 0 Å². The number of rotatable bonds is 9. The van der Waals surface area contributed by atoms with Crippen LogP contribution in [0.25, 0.3) is 11.3 Å². The van der Waals surface area contributed by atoms with E-state index >= 15 is 4.39 Å². The van der Waals surface area contributed by atoms with Gasteiger partial charge in [-0.05, 0) is 36.4 Å². The van der Waals surface area contributed by atoms with E-state index in [1.807, 2.05) is 0 Å². The SMILES string of the molecule is O=S(=O)(Cc1cc(F)ccc1F)Nc1c(F)cc(Oc2ncccc2-c2ccnc(NC3CNC[C@@H](F)C3)n2)c(F)c1F. The van der Waals surface area contributed by atoms with Crippen molar-refractivity contribution in [3.8, 4) is 22.9 Å². The Bertz CT molecular complexity index is 1760. The van der Waals surface area contributed by atoms with Crippen LogP contribution >= 0.6 is 0 Å². The molecule has 0 amide bonds. The molecule has 0 bridgehead atoms. The highest BCUT2D eigenvalue weighted by Crippen LogP contribution is 2.36. The van der Waals surface area contributed by atoms with Crippen LogP contribution in [0, 0.1) is 29.1 Å². The molecule has 1 saturated heterocycles. The van der Waals surface area contributed by atoms with Gasteiger partial charge in [-0.2, -0.15) is 4.39 Å². The van der Waals surface area contributed by atoms with E-state index in [1.54, 1.807) is 0 Å². The standard InChI is InChI=1S/C27H22F6N6O3S/c28-15-3-4-19(30)14(8-15)13-43(40,41)39-25-20(31)10-22(23(32)24(25)33)42-26-18(2-1-6-35-26)21-5-7-36-27(38-21)37-17-9-16(29)11-34-12-17/h1-8,10,16-17,34,39H,9,11-13H2,(H,36,37,38)/t16-,17?/m0/s1. The minimum atomic E-state index is -4.72. The zero-order chi connectivity index (χ0) is 30.7. The maximum Gasteiger partial charge on any atom is 0.237 e. The first-order valence-corrected chi connectivity index (χ1v) is 14.3. The summed E-state index contributed by atoms with van der Waals surface area (Å²) in [6.45, 7) is 0.731. The molecule has 16 heteroatoms. The summed E-state index contributed by atoms with van der Waals surface area (Å²) in [5.74, 6) is -9.57. The molecule has 1 fully saturated rings. The van der Waals surface area contributed by atoms with Gasteiger partial charge in [0.1, 0.15) is 23.5 Å². The number of benzene rings is 2. The Morgan fingerprint density at radius 3 is 2.56 bits per heavy atom. The Kier molecular flexibility index (Phi) is 8.68. The van der Waals surface area contributed by atoms with E-state index in [4.69, 9.17) is 4.74 Å². The third-order valence-corrected chi connectivity index (χ3v) is 7.48. The largest absolute Gasteiger partial charge is 0.435 e. The quantitative estimate of drug-likeness (QED) is 0.174. The Morgan fingerprint density at radius 1 is 0.953 bits per heavy atom. The zero-order valence-corrected chi connectivity index (χ0v) is 22.7. The van der Waals surface area contributed by atoms with Gasteiger partial charge in [0.25, 0.3) is 0 Å². The Morgan fingerprint density at radius 2 is 1.77 bits per heavy atom. The number of hydrogen-bond donors (Lipinski definition) is 3. The van der Waals surface area contributed by atoms with Gasteiger partial charge in [0, 0.05) is 49.6 Å². The maximum atomic E-state index is 15.0. The first-order valence-electron chi connectivity index (χ1n) is 12.7. The van der Waals surface area contributed by atoms with Crippen molar-refractivity contribution in [2.75, 3.05) is 23.1 Å². The molecule has 1 aliphatic rings. The number of piperidine rings is 1. The van der Waals surface area contributed by atoms with Crippen LogP contribution in [0.3, 0.4) is 0 Å². The molecule has 2 atom stereocenters. The van der Waals surface area contributed by atoms with Crippen LogP contribution < -0.4 is 20.1 Å². The smallest absolute Gasteiger partial charge is 0.237 e. The van der Waals surface area contributed by atoms with Gasteiger partial charge in [0.2, 0.25) is 27.7 Å². The molecule has 0 saturated carbocycles. The molecule has 43 heavy (non-hydrogen) atoms. The summed E-state index contributed by atoms with van der Waals surface area (Å²) < 4.78 is 118. The first-order chi connectivity index (χ1) is 20.5. The van der Waals surface area contributed by atoms with Gasteiger partial charge < -0.3 is 15.4 Å². The Balaban J connectivity index is 1.38. The minimum Gasteiger partial charge on any atom is -0.435 e. The molecule has 1 unspecified atom stereocenters. The number of halogens is 6. The highest BCUT2D eigenvalue weighted by molar-refractivity contribution is 7.91. The van der Waals surface area contributed by atoms with Gasteiger partial charge in [-0.25, -0.2) is 45.3 Å². The Labute approximate surface area is 241 Å². The van der Waals surface area contributed by atoms with Crippen molar-refractivity contribution in [3.63, 3.8) is 0 Å². The molecule has 0 radical (unpaired) electrons. The topological polar surface area (TPSA) is 118 Å². The molecule has 1 aliphatic heterocycles. The number of pyridine rings is 1. The highest BCUT2D eigenvalue weighted by Gasteiger charge is 2.26. The van der Waals surface area contributed by atoms with E-state index in [0.717, 1.165) is 6.07 Å². The number of alkyl halides is 1. The van der Waals surface area contributed by atoms with Gasteiger partial charge in [-0.15, -0.1) is 0 Å². The van der Waals surface area contributed by atoms with Crippen molar-refractivity contribution in [2.45, 2.75) is 24.4 Å². The Hall–Kier alpha value is -4.44. The number of ether oxygens (including phenoxy) is 1. The lowest BCUT2D eigenvalue weighted by atomic mass is 10.1. The number of sulfonamides is 1. The highest BCUT2D eigenvalue weighted by atomic mass is 32.2. The second-order valence-electron chi connectivity index (χ2n) is 9.51. The van der Waals surface area contributed by atoms with Gasteiger partial charge in [-0.1, -0.05) is 0 Å². The van der Waals surface area contributed by atoms with Crippen molar-refractivity contribution in [2.24, 2.45) is 0 Å². The predicted molar refractivity (Wildman–Crippen MR) is 144 cm³/mol. The van der Waals surface area contributed by atoms with E-state index in [1.165, 1.54) is 35.3 Å². The van der Waals surface area contributed by atoms with Gasteiger partial charge in [-0.3, -0.25) is 4.72 Å². The van der Waals surface area contributed by atoms with Crippen molar-refractivity contribution >= 4 is 21.7 Å². The van der Waals surface area contributed by atoms with Crippen LogP contribution in [0.15, 0.2) is 54.9 Å². The number of hydrogen-bond acceptors (Lipinski definition) is 8. The average Bonchev–Trinajstić information content (AvgIpc) is 2.96. The fourth-order valence-corrected chi connectivity index (χ4v) is 5.52. The van der Waals surface area contributed by atoms with Gasteiger partial charge >= 0.3 is 0 Å². The van der Waals surface area contributed by atoms with Crippen LogP contribution in [0.1, 0.15) is 12.0 Å². The number of nitrogens with zero attached hydrogens (tertiary/aromatic N) is 3. The van der Waals surface area contributed by atoms with Crippen LogP contribution in [-0.4, -0.2) is 48.7 Å². The fourth-order valence-electron chi connectivity index (χ4n) is 4.32. The summed E-state index contributed by atoms with van der Waals surface area (Å²) in [6, 6.07) is 6.64. The summed E-state index contributed by atoms with van der Waals surface area (Å²) in [7, 11) is -4.72. The second-order valence-corrected chi connectivity index (χ2v) is 11.2. The molecule has 226 valence electrons. The monoisotopic (exact) mass is 624 g/mol. The van der Waals surface area contributed by atoms with Crippen LogP contribution in [0.4, 0.5) is 38.0 Å². The lowest BCUT2D eigenvalue weighted by Gasteiger charge is -2.26. The summed E-state index contributed by atoms with van der Waals surface area (Å²) >= 11 is 0. The predicted octanol–water partition coefficient (Wildman–Crippen LogP) is 5.08. The number of anilines is 2. The fraction of sp³-hybridized carbons (Fsp3) is 0.222. The zero-order valence-electron chi connectivity index (χ0n) is 21.9. The maximum absolute atomic E-state index is 15.0. The summed E-state index contributed by atoms with van der Waals surface area (Å²) in [6.07, 6.45) is 1.88. The average molecular weight is 625 g/mol. The lowest BCUT2D eigenvalue weighted by Crippen LogP contribution is -2.44. The molecule has 0 spiro atoms. The summed E-state index contributed by atoms with van der Waals surface area (Å²) in [5.41, 5.74) is -1.58. The molecule has 4 aromatic rings. The van der Waals surface area contributed by atoms with Crippen molar-refractivity contribution < 1.29 is 39.5 Å². The third kappa shape index (κ3) is 7.14. The minimum absolute atomic E-state index is 0.159. The number of aromatic nitrogens is 3. The number of nitrogens with one attached hydrogen (secondary N) is 3. The van der Waals surface area contributed by atoms with Crippen molar-refractivity contribution in [1.82, 2.24) is 20.3 Å². The normalized spacial score (nSPS) is 17.0.